The van der Waals surface area contributed by atoms with Crippen LogP contribution in [0.2, 0.25) is 0 Å². The van der Waals surface area contributed by atoms with E-state index in [1.165, 1.54) is 0 Å². The van der Waals surface area contributed by atoms with Gasteiger partial charge in [-0.25, -0.2) is 9.97 Å². The highest BCUT2D eigenvalue weighted by Crippen LogP contribution is 2.27. The van der Waals surface area contributed by atoms with Gasteiger partial charge in [0.1, 0.15) is 29.6 Å². The quantitative estimate of drug-likeness (QED) is 0.505. The van der Waals surface area contributed by atoms with Gasteiger partial charge in [-0.15, -0.1) is 0 Å². The Labute approximate surface area is 174 Å². The minimum Gasteiger partial charge on any atom is -0.495 e. The van der Waals surface area contributed by atoms with Gasteiger partial charge in [0.2, 0.25) is 0 Å². The fourth-order valence-corrected chi connectivity index (χ4v) is 3.06. The number of carbonyl (C=O) groups excluding carboxylic acids is 1. The SMILES string of the molecule is COc1ccc(NC(=O)c2cc(OCc3ccccc3C)c3ccccc3n2)nc1. The Morgan fingerprint density at radius 1 is 1.03 bits per heavy atom. The number of pyridine rings is 2. The van der Waals surface area contributed by atoms with E-state index in [9.17, 15) is 4.79 Å². The maximum absolute atomic E-state index is 12.8. The summed E-state index contributed by atoms with van der Waals surface area (Å²) >= 11 is 0. The number of benzene rings is 2. The number of fused-ring (bicyclic) bond motifs is 1. The van der Waals surface area contributed by atoms with Crippen LogP contribution in [0.25, 0.3) is 10.9 Å². The smallest absolute Gasteiger partial charge is 0.275 e. The molecule has 0 aliphatic heterocycles. The largest absolute Gasteiger partial charge is 0.495 e. The fourth-order valence-electron chi connectivity index (χ4n) is 3.06. The van der Waals surface area contributed by atoms with Crippen LogP contribution in [-0.2, 0) is 6.61 Å². The number of methoxy groups -OCH3 is 1. The molecule has 4 aromatic rings. The maximum atomic E-state index is 12.8. The highest BCUT2D eigenvalue weighted by Gasteiger charge is 2.14. The van der Waals surface area contributed by atoms with Gasteiger partial charge in [0, 0.05) is 11.5 Å². The third kappa shape index (κ3) is 4.22. The molecule has 1 amide bonds. The van der Waals surface area contributed by atoms with Crippen molar-refractivity contribution in [1.29, 1.82) is 0 Å². The number of rotatable bonds is 6. The number of hydrogen-bond donors (Lipinski definition) is 1. The van der Waals surface area contributed by atoms with E-state index in [1.807, 2.05) is 55.5 Å². The van der Waals surface area contributed by atoms with E-state index in [2.05, 4.69) is 15.3 Å². The predicted octanol–water partition coefficient (Wildman–Crippen LogP) is 4.78. The number of amides is 1. The average molecular weight is 399 g/mol. The van der Waals surface area contributed by atoms with Crippen molar-refractivity contribution in [3.8, 4) is 11.5 Å². The molecule has 0 bridgehead atoms. The second-order valence-corrected chi connectivity index (χ2v) is 6.78. The lowest BCUT2D eigenvalue weighted by molar-refractivity contribution is 0.102. The van der Waals surface area contributed by atoms with E-state index in [4.69, 9.17) is 9.47 Å². The molecule has 4 rings (SSSR count). The van der Waals surface area contributed by atoms with Gasteiger partial charge >= 0.3 is 0 Å². The number of para-hydroxylation sites is 1. The number of anilines is 1. The lowest BCUT2D eigenvalue weighted by Gasteiger charge is -2.13. The first-order valence-electron chi connectivity index (χ1n) is 9.52. The molecule has 0 atom stereocenters. The molecule has 30 heavy (non-hydrogen) atoms. The Hall–Kier alpha value is -3.93. The molecule has 2 heterocycles. The lowest BCUT2D eigenvalue weighted by atomic mass is 10.1. The molecule has 0 aliphatic rings. The summed E-state index contributed by atoms with van der Waals surface area (Å²) in [5.41, 5.74) is 3.19. The third-order valence-corrected chi connectivity index (χ3v) is 4.77. The minimum atomic E-state index is -0.362. The summed E-state index contributed by atoms with van der Waals surface area (Å²) in [6.07, 6.45) is 1.54. The molecule has 150 valence electrons. The Kier molecular flexibility index (Phi) is 5.57. The molecule has 2 aromatic heterocycles. The molecule has 0 radical (unpaired) electrons. The number of ether oxygens (including phenoxy) is 2. The van der Waals surface area contributed by atoms with Crippen LogP contribution in [0.15, 0.2) is 72.9 Å². The van der Waals surface area contributed by atoms with Crippen molar-refractivity contribution < 1.29 is 14.3 Å². The van der Waals surface area contributed by atoms with Gasteiger partial charge in [0.15, 0.2) is 0 Å². The van der Waals surface area contributed by atoms with Crippen LogP contribution >= 0.6 is 0 Å². The summed E-state index contributed by atoms with van der Waals surface area (Å²) < 4.78 is 11.2. The second kappa shape index (κ2) is 8.61. The van der Waals surface area contributed by atoms with Crippen LogP contribution in [0.5, 0.6) is 11.5 Å². The van der Waals surface area contributed by atoms with Crippen LogP contribution in [0.1, 0.15) is 21.6 Å². The molecule has 0 unspecified atom stereocenters. The van der Waals surface area contributed by atoms with E-state index in [-0.39, 0.29) is 11.6 Å². The van der Waals surface area contributed by atoms with Crippen molar-refractivity contribution in [1.82, 2.24) is 9.97 Å². The maximum Gasteiger partial charge on any atom is 0.275 e. The summed E-state index contributed by atoms with van der Waals surface area (Å²) in [5, 5.41) is 3.61. The van der Waals surface area contributed by atoms with E-state index >= 15 is 0 Å². The standard InChI is InChI=1S/C24H21N3O3/c1-16-7-3-4-8-17(16)15-30-22-13-21(26-20-10-6-5-9-19(20)22)24(28)27-23-12-11-18(29-2)14-25-23/h3-14H,15H2,1-2H3,(H,25,27,28). The van der Waals surface area contributed by atoms with Crippen LogP contribution in [0, 0.1) is 6.92 Å². The van der Waals surface area contributed by atoms with Crippen molar-refractivity contribution in [3.05, 3.63) is 89.7 Å². The first-order valence-corrected chi connectivity index (χ1v) is 9.52. The molecule has 0 saturated heterocycles. The summed E-state index contributed by atoms with van der Waals surface area (Å²) in [6.45, 7) is 2.45. The lowest BCUT2D eigenvalue weighted by Crippen LogP contribution is -2.15. The molecule has 2 aromatic carbocycles. The first-order chi connectivity index (χ1) is 14.6. The molecule has 0 saturated carbocycles. The number of nitrogens with zero attached hydrogens (tertiary/aromatic N) is 2. The van der Waals surface area contributed by atoms with E-state index in [0.29, 0.717) is 29.4 Å². The predicted molar refractivity (Wildman–Crippen MR) is 116 cm³/mol. The molecular weight excluding hydrogens is 378 g/mol. The van der Waals surface area contributed by atoms with Gasteiger partial charge in [-0.3, -0.25) is 4.79 Å². The van der Waals surface area contributed by atoms with E-state index in [1.54, 1.807) is 31.5 Å². The van der Waals surface area contributed by atoms with Crippen molar-refractivity contribution in [3.63, 3.8) is 0 Å². The van der Waals surface area contributed by atoms with Gasteiger partial charge < -0.3 is 14.8 Å². The number of hydrogen-bond acceptors (Lipinski definition) is 5. The first kappa shape index (κ1) is 19.4. The number of aryl methyl sites for hydroxylation is 1. The normalized spacial score (nSPS) is 10.6. The highest BCUT2D eigenvalue weighted by molar-refractivity contribution is 6.04. The summed E-state index contributed by atoms with van der Waals surface area (Å²) in [7, 11) is 1.56. The van der Waals surface area contributed by atoms with Gasteiger partial charge in [-0.1, -0.05) is 36.4 Å². The molecule has 1 N–H and O–H groups in total. The average Bonchev–Trinajstić information content (AvgIpc) is 2.78. The molecule has 6 nitrogen and oxygen atoms in total. The van der Waals surface area contributed by atoms with Gasteiger partial charge in [-0.2, -0.15) is 0 Å². The van der Waals surface area contributed by atoms with Crippen molar-refractivity contribution in [2.45, 2.75) is 13.5 Å². The minimum absolute atomic E-state index is 0.256. The fraction of sp³-hybridized carbons (Fsp3) is 0.125. The Balaban J connectivity index is 1.61. The topological polar surface area (TPSA) is 73.3 Å². The summed E-state index contributed by atoms with van der Waals surface area (Å²) in [5.74, 6) is 1.28. The molecule has 0 aliphatic carbocycles. The second-order valence-electron chi connectivity index (χ2n) is 6.78. The number of nitrogens with one attached hydrogen (secondary N) is 1. The van der Waals surface area contributed by atoms with E-state index < -0.39 is 0 Å². The van der Waals surface area contributed by atoms with Crippen molar-refractivity contribution >= 4 is 22.6 Å². The van der Waals surface area contributed by atoms with Gasteiger partial charge in [-0.05, 0) is 42.3 Å². The third-order valence-electron chi connectivity index (χ3n) is 4.77. The molecule has 0 fully saturated rings. The zero-order valence-electron chi connectivity index (χ0n) is 16.8. The van der Waals surface area contributed by atoms with Gasteiger partial charge in [0.25, 0.3) is 5.91 Å². The van der Waals surface area contributed by atoms with Crippen LogP contribution < -0.4 is 14.8 Å². The highest BCUT2D eigenvalue weighted by atomic mass is 16.5. The number of carbonyl (C=O) groups is 1. The zero-order valence-corrected chi connectivity index (χ0v) is 16.8. The molecule has 0 spiro atoms. The Bertz CT molecular complexity index is 1190. The summed E-state index contributed by atoms with van der Waals surface area (Å²) in [6, 6.07) is 20.7. The monoisotopic (exact) mass is 399 g/mol. The Morgan fingerprint density at radius 3 is 2.60 bits per heavy atom. The Morgan fingerprint density at radius 2 is 1.83 bits per heavy atom. The zero-order chi connectivity index (χ0) is 20.9. The van der Waals surface area contributed by atoms with Crippen LogP contribution in [-0.4, -0.2) is 23.0 Å². The van der Waals surface area contributed by atoms with Crippen molar-refractivity contribution in [2.75, 3.05) is 12.4 Å². The molecule has 6 heteroatoms. The van der Waals surface area contributed by atoms with Gasteiger partial charge in [0.05, 0.1) is 18.8 Å². The van der Waals surface area contributed by atoms with Crippen molar-refractivity contribution in [2.24, 2.45) is 0 Å². The molecular formula is C24H21N3O3. The summed E-state index contributed by atoms with van der Waals surface area (Å²) in [4.78, 5) is 21.5. The van der Waals surface area contributed by atoms with Crippen LogP contribution in [0.3, 0.4) is 0 Å². The van der Waals surface area contributed by atoms with Crippen LogP contribution in [0.4, 0.5) is 5.82 Å². The van der Waals surface area contributed by atoms with E-state index in [0.717, 1.165) is 16.5 Å². The number of aromatic nitrogens is 2.